The van der Waals surface area contributed by atoms with Crippen LogP contribution >= 0.6 is 15.9 Å². The Morgan fingerprint density at radius 1 is 1.03 bits per heavy atom. The first-order valence-electron chi connectivity index (χ1n) is 9.04. The summed E-state index contributed by atoms with van der Waals surface area (Å²) >= 11 is 3.38. The van der Waals surface area contributed by atoms with E-state index in [1.807, 2.05) is 60.7 Å². The summed E-state index contributed by atoms with van der Waals surface area (Å²) < 4.78 is 0.994. The smallest absolute Gasteiger partial charge is 0.271 e. The molecular formula is C22H18BrN5O. The molecule has 1 heterocycles. The van der Waals surface area contributed by atoms with E-state index in [2.05, 4.69) is 41.7 Å². The molecule has 0 bridgehead atoms. The fourth-order valence-electron chi connectivity index (χ4n) is 2.78. The average Bonchev–Trinajstić information content (AvgIpc) is 3.17. The minimum Gasteiger partial charge on any atom is -0.352 e. The van der Waals surface area contributed by atoms with Crippen molar-refractivity contribution in [3.63, 3.8) is 0 Å². The van der Waals surface area contributed by atoms with Crippen LogP contribution in [0, 0.1) is 0 Å². The Kier molecular flexibility index (Phi) is 5.67. The van der Waals surface area contributed by atoms with E-state index in [0.717, 1.165) is 32.6 Å². The molecule has 0 unspecified atom stereocenters. The molecule has 0 aliphatic heterocycles. The molecule has 7 heteroatoms. The molecule has 0 aliphatic rings. The molecule has 29 heavy (non-hydrogen) atoms. The maximum atomic E-state index is 12.2. The maximum absolute atomic E-state index is 12.2. The lowest BCUT2D eigenvalue weighted by Crippen LogP contribution is -2.17. The van der Waals surface area contributed by atoms with Crippen LogP contribution in [0.25, 0.3) is 11.0 Å². The number of hydrogen-bond donors (Lipinski definition) is 3. The number of aromatic amines is 1. The highest BCUT2D eigenvalue weighted by atomic mass is 79.9. The van der Waals surface area contributed by atoms with Crippen molar-refractivity contribution in [2.24, 2.45) is 5.10 Å². The number of fused-ring (bicyclic) bond motifs is 1. The van der Waals surface area contributed by atoms with Gasteiger partial charge in [0.15, 0.2) is 0 Å². The second-order valence-corrected chi connectivity index (χ2v) is 7.32. The van der Waals surface area contributed by atoms with E-state index >= 15 is 0 Å². The Morgan fingerprint density at radius 2 is 1.79 bits per heavy atom. The number of nitrogens with one attached hydrogen (secondary N) is 3. The molecule has 6 nitrogen and oxygen atoms in total. The summed E-state index contributed by atoms with van der Waals surface area (Å²) in [5, 5.41) is 7.26. The number of hydrogen-bond acceptors (Lipinski definition) is 4. The molecule has 0 saturated carbocycles. The third-order valence-electron chi connectivity index (χ3n) is 4.32. The van der Waals surface area contributed by atoms with Crippen LogP contribution in [0.2, 0.25) is 0 Å². The van der Waals surface area contributed by atoms with Crippen LogP contribution in [0.3, 0.4) is 0 Å². The van der Waals surface area contributed by atoms with Gasteiger partial charge in [0.2, 0.25) is 5.95 Å². The highest BCUT2D eigenvalue weighted by Gasteiger charge is 2.05. The SMILES string of the molecule is O=C(N/N=C/c1ccc(Br)cc1)c1ccc(CNc2nc3ccccc3[nH]2)cc1. The summed E-state index contributed by atoms with van der Waals surface area (Å²) in [6, 6.07) is 22.9. The Balaban J connectivity index is 1.32. The molecule has 1 amide bonds. The van der Waals surface area contributed by atoms with E-state index in [9.17, 15) is 4.79 Å². The van der Waals surface area contributed by atoms with Gasteiger partial charge in [-0.3, -0.25) is 4.79 Å². The summed E-state index contributed by atoms with van der Waals surface area (Å²) in [5.74, 6) is 0.463. The van der Waals surface area contributed by atoms with E-state index in [1.54, 1.807) is 18.3 Å². The minimum absolute atomic E-state index is 0.254. The third-order valence-corrected chi connectivity index (χ3v) is 4.84. The Morgan fingerprint density at radius 3 is 2.55 bits per heavy atom. The molecule has 0 fully saturated rings. The van der Waals surface area contributed by atoms with Gasteiger partial charge in [0, 0.05) is 16.6 Å². The second-order valence-electron chi connectivity index (χ2n) is 6.40. The molecule has 4 rings (SSSR count). The van der Waals surface area contributed by atoms with Gasteiger partial charge in [0.05, 0.1) is 17.2 Å². The largest absolute Gasteiger partial charge is 0.352 e. The average molecular weight is 448 g/mol. The highest BCUT2D eigenvalue weighted by molar-refractivity contribution is 9.10. The van der Waals surface area contributed by atoms with Gasteiger partial charge < -0.3 is 10.3 Å². The molecule has 3 N–H and O–H groups in total. The van der Waals surface area contributed by atoms with Gasteiger partial charge >= 0.3 is 0 Å². The Labute approximate surface area is 176 Å². The van der Waals surface area contributed by atoms with E-state index in [0.29, 0.717) is 12.1 Å². The van der Waals surface area contributed by atoms with E-state index in [-0.39, 0.29) is 5.91 Å². The lowest BCUT2D eigenvalue weighted by molar-refractivity contribution is 0.0955. The molecule has 0 aliphatic carbocycles. The van der Waals surface area contributed by atoms with E-state index < -0.39 is 0 Å². The lowest BCUT2D eigenvalue weighted by Gasteiger charge is -2.05. The first-order chi connectivity index (χ1) is 14.2. The van der Waals surface area contributed by atoms with Crippen molar-refractivity contribution in [3.8, 4) is 0 Å². The van der Waals surface area contributed by atoms with Crippen LogP contribution in [0.15, 0.2) is 82.4 Å². The number of para-hydroxylation sites is 2. The predicted molar refractivity (Wildman–Crippen MR) is 119 cm³/mol. The number of imidazole rings is 1. The fraction of sp³-hybridized carbons (Fsp3) is 0.0455. The number of anilines is 1. The number of hydrazone groups is 1. The fourth-order valence-corrected chi connectivity index (χ4v) is 3.04. The summed E-state index contributed by atoms with van der Waals surface area (Å²) in [5.41, 5.74) is 6.95. The number of nitrogens with zero attached hydrogens (tertiary/aromatic N) is 2. The summed E-state index contributed by atoms with van der Waals surface area (Å²) in [7, 11) is 0. The quantitative estimate of drug-likeness (QED) is 0.295. The van der Waals surface area contributed by atoms with Crippen molar-refractivity contribution >= 4 is 45.0 Å². The molecule has 4 aromatic rings. The summed E-state index contributed by atoms with van der Waals surface area (Å²) in [4.78, 5) is 19.9. The van der Waals surface area contributed by atoms with Crippen molar-refractivity contribution in [2.45, 2.75) is 6.54 Å². The standard InChI is InChI=1S/C22H18BrN5O/c23-18-11-7-16(8-12-18)14-25-28-21(29)17-9-5-15(6-10-17)13-24-22-26-19-3-1-2-4-20(19)27-22/h1-12,14H,13H2,(H,28,29)(H2,24,26,27)/b25-14+. The zero-order valence-electron chi connectivity index (χ0n) is 15.4. The maximum Gasteiger partial charge on any atom is 0.271 e. The van der Waals surface area contributed by atoms with Crippen LogP contribution in [-0.2, 0) is 6.54 Å². The first-order valence-corrected chi connectivity index (χ1v) is 9.83. The van der Waals surface area contributed by atoms with E-state index in [1.165, 1.54) is 0 Å². The summed E-state index contributed by atoms with van der Waals surface area (Å²) in [6.07, 6.45) is 1.61. The molecule has 1 aromatic heterocycles. The minimum atomic E-state index is -0.254. The molecule has 3 aromatic carbocycles. The van der Waals surface area contributed by atoms with Crippen molar-refractivity contribution in [1.29, 1.82) is 0 Å². The van der Waals surface area contributed by atoms with Crippen molar-refractivity contribution in [2.75, 3.05) is 5.32 Å². The number of aromatic nitrogens is 2. The number of amides is 1. The number of H-pyrrole nitrogens is 1. The van der Waals surface area contributed by atoms with Crippen molar-refractivity contribution < 1.29 is 4.79 Å². The molecule has 0 radical (unpaired) electrons. The van der Waals surface area contributed by atoms with Gasteiger partial charge in [0.25, 0.3) is 5.91 Å². The molecule has 0 spiro atoms. The van der Waals surface area contributed by atoms with Gasteiger partial charge in [0.1, 0.15) is 0 Å². The third kappa shape index (κ3) is 4.89. The number of benzene rings is 3. The zero-order valence-corrected chi connectivity index (χ0v) is 17.0. The van der Waals surface area contributed by atoms with Crippen LogP contribution in [0.5, 0.6) is 0 Å². The topological polar surface area (TPSA) is 82.2 Å². The van der Waals surface area contributed by atoms with Crippen LogP contribution in [-0.4, -0.2) is 22.1 Å². The second kappa shape index (κ2) is 8.70. The molecule has 0 saturated heterocycles. The number of carbonyl (C=O) groups excluding carboxylic acids is 1. The molecule has 0 atom stereocenters. The van der Waals surface area contributed by atoms with Gasteiger partial charge in [-0.25, -0.2) is 10.4 Å². The van der Waals surface area contributed by atoms with Crippen LogP contribution in [0.1, 0.15) is 21.5 Å². The highest BCUT2D eigenvalue weighted by Crippen LogP contribution is 2.14. The molecular weight excluding hydrogens is 430 g/mol. The van der Waals surface area contributed by atoms with Gasteiger partial charge in [-0.15, -0.1) is 0 Å². The van der Waals surface area contributed by atoms with Gasteiger partial charge in [-0.1, -0.05) is 52.3 Å². The zero-order chi connectivity index (χ0) is 20.1. The number of halogens is 1. The summed E-state index contributed by atoms with van der Waals surface area (Å²) in [6.45, 7) is 0.601. The number of rotatable bonds is 6. The van der Waals surface area contributed by atoms with Crippen LogP contribution < -0.4 is 10.7 Å². The van der Waals surface area contributed by atoms with Gasteiger partial charge in [-0.2, -0.15) is 5.10 Å². The normalized spacial score (nSPS) is 11.1. The lowest BCUT2D eigenvalue weighted by atomic mass is 10.1. The Hall–Kier alpha value is -3.45. The molecule has 144 valence electrons. The number of carbonyl (C=O) groups is 1. The predicted octanol–water partition coefficient (Wildman–Crippen LogP) is 4.70. The van der Waals surface area contributed by atoms with E-state index in [4.69, 9.17) is 0 Å². The van der Waals surface area contributed by atoms with Crippen LogP contribution in [0.4, 0.5) is 5.95 Å². The van der Waals surface area contributed by atoms with Crippen molar-refractivity contribution in [1.82, 2.24) is 15.4 Å². The van der Waals surface area contributed by atoms with Gasteiger partial charge in [-0.05, 0) is 47.5 Å². The monoisotopic (exact) mass is 447 g/mol. The Bertz CT molecular complexity index is 1120. The first kappa shape index (κ1) is 18.9. The van der Waals surface area contributed by atoms with Crippen molar-refractivity contribution in [3.05, 3.63) is 94.0 Å².